The molecule has 0 unspecified atom stereocenters. The summed E-state index contributed by atoms with van der Waals surface area (Å²) in [6.07, 6.45) is -0.340. The molecule has 32 heavy (non-hydrogen) atoms. The molecule has 0 aliphatic rings. The van der Waals surface area contributed by atoms with Crippen molar-refractivity contribution in [2.24, 2.45) is 0 Å². The fraction of sp³-hybridized carbons (Fsp3) is 0.333. The van der Waals surface area contributed by atoms with Gasteiger partial charge in [0, 0.05) is 26.8 Å². The summed E-state index contributed by atoms with van der Waals surface area (Å²) < 4.78 is 42.3. The van der Waals surface area contributed by atoms with Gasteiger partial charge in [-0.25, -0.2) is 4.98 Å². The van der Waals surface area contributed by atoms with E-state index in [9.17, 15) is 18.0 Å². The second-order valence-electron chi connectivity index (χ2n) is 7.67. The van der Waals surface area contributed by atoms with Crippen LogP contribution in [0, 0.1) is 0 Å². The van der Waals surface area contributed by atoms with Crippen molar-refractivity contribution in [3.05, 3.63) is 58.1 Å². The van der Waals surface area contributed by atoms with Crippen LogP contribution in [0.5, 0.6) is 0 Å². The monoisotopic (exact) mass is 445 g/mol. The molecule has 0 fully saturated rings. The molecule has 0 bridgehead atoms. The minimum absolute atomic E-state index is 0.166. The fourth-order valence-corrected chi connectivity index (χ4v) is 3.52. The zero-order valence-electron chi connectivity index (χ0n) is 17.8. The van der Waals surface area contributed by atoms with E-state index in [0.717, 1.165) is 18.6 Å². The van der Waals surface area contributed by atoms with Gasteiger partial charge in [0.1, 0.15) is 5.82 Å². The molecule has 0 radical (unpaired) electrons. The summed E-state index contributed by atoms with van der Waals surface area (Å²) in [5.41, 5.74) is 0.767. The number of halogens is 3. The number of hydrogen-bond acceptors (Lipinski definition) is 5. The van der Waals surface area contributed by atoms with Crippen molar-refractivity contribution >= 4 is 17.1 Å². The fourth-order valence-electron chi connectivity index (χ4n) is 3.52. The Labute approximate surface area is 181 Å². The first-order valence-electron chi connectivity index (χ1n) is 10.0. The Morgan fingerprint density at radius 2 is 1.97 bits per heavy atom. The molecule has 1 N–H and O–H groups in total. The smallest absolute Gasteiger partial charge is 0.348 e. The van der Waals surface area contributed by atoms with Gasteiger partial charge in [-0.2, -0.15) is 23.3 Å². The van der Waals surface area contributed by atoms with Crippen LogP contribution in [0.3, 0.4) is 0 Å². The average molecular weight is 445 g/mol. The zero-order valence-corrected chi connectivity index (χ0v) is 17.8. The number of imidazole rings is 1. The van der Waals surface area contributed by atoms with Crippen molar-refractivity contribution in [1.82, 2.24) is 29.3 Å². The number of aromatic nitrogens is 6. The zero-order chi connectivity index (χ0) is 23.0. The molecule has 0 atom stereocenters. The number of fused-ring (bicyclic) bond motifs is 1. The highest BCUT2D eigenvalue weighted by Gasteiger charge is 2.30. The molecule has 0 saturated heterocycles. The largest absolute Gasteiger partial charge is 0.416 e. The van der Waals surface area contributed by atoms with Gasteiger partial charge < -0.3 is 9.88 Å². The number of anilines is 1. The molecule has 0 amide bonds. The van der Waals surface area contributed by atoms with Crippen molar-refractivity contribution < 1.29 is 13.2 Å². The van der Waals surface area contributed by atoms with Crippen LogP contribution in [-0.4, -0.2) is 43.4 Å². The topological polar surface area (TPSA) is 84.6 Å². The van der Waals surface area contributed by atoms with E-state index in [1.165, 1.54) is 10.7 Å². The minimum atomic E-state index is -4.40. The summed E-state index contributed by atoms with van der Waals surface area (Å²) in [6.45, 7) is 2.82. The third kappa shape index (κ3) is 4.10. The number of nitrogens with one attached hydrogen (secondary N) is 1. The van der Waals surface area contributed by atoms with Gasteiger partial charge in [0.25, 0.3) is 0 Å². The predicted molar refractivity (Wildman–Crippen MR) is 115 cm³/mol. The van der Waals surface area contributed by atoms with Gasteiger partial charge in [-0.1, -0.05) is 19.1 Å². The maximum Gasteiger partial charge on any atom is 0.416 e. The Balaban J connectivity index is 1.69. The van der Waals surface area contributed by atoms with Crippen molar-refractivity contribution in [2.45, 2.75) is 32.6 Å². The highest BCUT2D eigenvalue weighted by Crippen LogP contribution is 2.29. The lowest BCUT2D eigenvalue weighted by Gasteiger charge is -2.17. The molecule has 0 saturated carbocycles. The van der Waals surface area contributed by atoms with Crippen LogP contribution in [0.4, 0.5) is 19.1 Å². The maximum absolute atomic E-state index is 13.0. The van der Waals surface area contributed by atoms with Gasteiger partial charge >= 0.3 is 11.7 Å². The van der Waals surface area contributed by atoms with Gasteiger partial charge in [0.2, 0.25) is 5.95 Å². The molecule has 168 valence electrons. The third-order valence-electron chi connectivity index (χ3n) is 4.95. The molecule has 0 spiro atoms. The lowest BCUT2D eigenvalue weighted by atomic mass is 10.1. The summed E-state index contributed by atoms with van der Waals surface area (Å²) in [5.74, 6) is 0.956. The van der Waals surface area contributed by atoms with Crippen LogP contribution in [0.15, 0.2) is 41.5 Å². The number of nitrogens with zero attached hydrogens (tertiary/aromatic N) is 6. The molecule has 4 rings (SSSR count). The van der Waals surface area contributed by atoms with E-state index in [1.807, 2.05) is 25.6 Å². The van der Waals surface area contributed by atoms with Crippen LogP contribution in [0.2, 0.25) is 0 Å². The van der Waals surface area contributed by atoms with Crippen LogP contribution in [0.25, 0.3) is 22.6 Å². The van der Waals surface area contributed by atoms with E-state index >= 15 is 0 Å². The van der Waals surface area contributed by atoms with Crippen LogP contribution < -0.4 is 10.5 Å². The van der Waals surface area contributed by atoms with Crippen LogP contribution in [-0.2, 0) is 19.3 Å². The molecule has 3 heterocycles. The summed E-state index contributed by atoms with van der Waals surface area (Å²) in [6, 6.07) is 5.13. The summed E-state index contributed by atoms with van der Waals surface area (Å²) in [4.78, 5) is 26.1. The first-order valence-corrected chi connectivity index (χ1v) is 10.0. The molecule has 0 aliphatic carbocycles. The molecular weight excluding hydrogens is 423 g/mol. The Morgan fingerprint density at radius 1 is 1.19 bits per heavy atom. The Bertz CT molecular complexity index is 1320. The van der Waals surface area contributed by atoms with E-state index in [0.29, 0.717) is 40.6 Å². The second-order valence-corrected chi connectivity index (χ2v) is 7.67. The van der Waals surface area contributed by atoms with E-state index < -0.39 is 17.3 Å². The van der Waals surface area contributed by atoms with Crippen molar-refractivity contribution in [1.29, 1.82) is 0 Å². The first kappa shape index (κ1) is 21.6. The van der Waals surface area contributed by atoms with Crippen LogP contribution in [0.1, 0.15) is 24.5 Å². The normalized spacial score (nSPS) is 11.9. The molecule has 8 nitrogen and oxygen atoms in total. The maximum atomic E-state index is 13.0. The molecule has 1 aromatic carbocycles. The van der Waals surface area contributed by atoms with E-state index in [2.05, 4.69) is 20.1 Å². The number of hydrogen-bond donors (Lipinski definition) is 1. The quantitative estimate of drug-likeness (QED) is 0.491. The van der Waals surface area contributed by atoms with E-state index in [-0.39, 0.29) is 6.54 Å². The second kappa shape index (κ2) is 8.13. The van der Waals surface area contributed by atoms with Crippen molar-refractivity contribution in [2.75, 3.05) is 19.0 Å². The lowest BCUT2D eigenvalue weighted by molar-refractivity contribution is -0.137. The number of H-pyrrole nitrogens is 1. The predicted octanol–water partition coefficient (Wildman–Crippen LogP) is 3.53. The number of benzene rings is 1. The summed E-state index contributed by atoms with van der Waals surface area (Å²) in [5, 5.41) is 4.24. The van der Waals surface area contributed by atoms with Gasteiger partial charge in [-0.05, 0) is 24.1 Å². The van der Waals surface area contributed by atoms with Crippen molar-refractivity contribution in [3.63, 3.8) is 0 Å². The lowest BCUT2D eigenvalue weighted by Crippen LogP contribution is -2.24. The van der Waals surface area contributed by atoms with Crippen LogP contribution >= 0.6 is 0 Å². The Hall–Kier alpha value is -3.63. The van der Waals surface area contributed by atoms with Crippen molar-refractivity contribution in [3.8, 4) is 11.4 Å². The molecule has 0 aliphatic heterocycles. The summed E-state index contributed by atoms with van der Waals surface area (Å²) >= 11 is 0. The van der Waals surface area contributed by atoms with Gasteiger partial charge in [0.15, 0.2) is 11.2 Å². The van der Waals surface area contributed by atoms with Gasteiger partial charge in [-0.15, -0.1) is 0 Å². The highest BCUT2D eigenvalue weighted by atomic mass is 19.4. The first-order chi connectivity index (χ1) is 15.2. The molecule has 3 aromatic heterocycles. The SMILES string of the molecule is CCCn1c(N(C)C)nc(=O)c2[nH]c(-c3cnn(Cc4cccc(C(F)(F)F)c4)c3)nc21. The van der Waals surface area contributed by atoms with Gasteiger partial charge in [-0.3, -0.25) is 14.0 Å². The highest BCUT2D eigenvalue weighted by molar-refractivity contribution is 5.76. The summed E-state index contributed by atoms with van der Waals surface area (Å²) in [7, 11) is 3.62. The van der Waals surface area contributed by atoms with Gasteiger partial charge in [0.05, 0.1) is 23.9 Å². The number of alkyl halides is 3. The number of aryl methyl sites for hydroxylation is 1. The third-order valence-corrected chi connectivity index (χ3v) is 4.95. The molecular formula is C21H22F3N7O. The standard InChI is InChI=1S/C21H22F3N7O/c1-4-8-31-18-16(19(32)28-20(31)29(2)3)26-17(27-18)14-10-25-30(12-14)11-13-6-5-7-15(9-13)21(22,23)24/h5-7,9-10,12H,4,8,11H2,1-3H3,(H,26,27). The number of rotatable bonds is 6. The minimum Gasteiger partial charge on any atom is -0.348 e. The Kier molecular flexibility index (Phi) is 5.49. The average Bonchev–Trinajstić information content (AvgIpc) is 3.37. The molecule has 4 aromatic rings. The van der Waals surface area contributed by atoms with E-state index in [4.69, 9.17) is 0 Å². The Morgan fingerprint density at radius 3 is 2.66 bits per heavy atom. The number of aromatic amines is 1. The van der Waals surface area contributed by atoms with E-state index in [1.54, 1.807) is 23.4 Å². The molecule has 11 heteroatoms.